The van der Waals surface area contributed by atoms with Gasteiger partial charge < -0.3 is 10.2 Å². The molecule has 1 aliphatic rings. The average molecular weight is 316 g/mol. The predicted octanol–water partition coefficient (Wildman–Crippen LogP) is 3.59. The fourth-order valence-corrected chi connectivity index (χ4v) is 3.24. The van der Waals surface area contributed by atoms with E-state index in [1.165, 1.54) is 37.9 Å². The smallest absolute Gasteiger partial charge is 0.227 e. The van der Waals surface area contributed by atoms with Gasteiger partial charge in [0, 0.05) is 13.1 Å². The van der Waals surface area contributed by atoms with Gasteiger partial charge in [0.25, 0.3) is 0 Å². The monoisotopic (exact) mass is 316 g/mol. The summed E-state index contributed by atoms with van der Waals surface area (Å²) in [5, 5.41) is 3.09. The van der Waals surface area contributed by atoms with Crippen LogP contribution < -0.4 is 5.32 Å². The van der Waals surface area contributed by atoms with Crippen LogP contribution in [0.4, 0.5) is 0 Å². The molecule has 1 fully saturated rings. The third kappa shape index (κ3) is 5.98. The van der Waals surface area contributed by atoms with Crippen molar-refractivity contribution in [2.75, 3.05) is 26.2 Å². The van der Waals surface area contributed by atoms with E-state index in [9.17, 15) is 4.79 Å². The molecule has 0 spiro atoms. The van der Waals surface area contributed by atoms with Gasteiger partial charge in [-0.3, -0.25) is 4.79 Å². The molecule has 1 aliphatic heterocycles. The van der Waals surface area contributed by atoms with Crippen LogP contribution in [-0.4, -0.2) is 37.0 Å². The number of nitrogens with zero attached hydrogens (tertiary/aromatic N) is 1. The lowest BCUT2D eigenvalue weighted by Gasteiger charge is -2.26. The van der Waals surface area contributed by atoms with Crippen molar-refractivity contribution < 1.29 is 4.79 Å². The molecule has 1 aromatic rings. The van der Waals surface area contributed by atoms with Crippen LogP contribution in [0.25, 0.3) is 0 Å². The molecular formula is C20H32N2O. The molecule has 1 heterocycles. The Bertz CT molecular complexity index is 475. The number of amides is 1. The molecule has 1 unspecified atom stereocenters. The molecule has 1 saturated heterocycles. The van der Waals surface area contributed by atoms with E-state index in [0.29, 0.717) is 5.92 Å². The summed E-state index contributed by atoms with van der Waals surface area (Å²) in [5.41, 5.74) is 2.45. The topological polar surface area (TPSA) is 32.3 Å². The molecule has 0 radical (unpaired) electrons. The lowest BCUT2D eigenvalue weighted by molar-refractivity contribution is -0.122. The van der Waals surface area contributed by atoms with E-state index in [4.69, 9.17) is 0 Å². The van der Waals surface area contributed by atoms with Gasteiger partial charge >= 0.3 is 0 Å². The largest absolute Gasteiger partial charge is 0.354 e. The third-order valence-electron chi connectivity index (χ3n) is 4.69. The summed E-state index contributed by atoms with van der Waals surface area (Å²) in [6, 6.07) is 8.53. The second-order valence-electron chi connectivity index (χ2n) is 7.25. The van der Waals surface area contributed by atoms with Crippen LogP contribution in [0.3, 0.4) is 0 Å². The second-order valence-corrected chi connectivity index (χ2v) is 7.25. The summed E-state index contributed by atoms with van der Waals surface area (Å²) in [4.78, 5) is 14.8. The highest BCUT2D eigenvalue weighted by Gasteiger charge is 2.16. The maximum atomic E-state index is 12.3. The number of rotatable bonds is 7. The van der Waals surface area contributed by atoms with Gasteiger partial charge in [-0.2, -0.15) is 0 Å². The van der Waals surface area contributed by atoms with Crippen LogP contribution in [0.15, 0.2) is 24.3 Å². The van der Waals surface area contributed by atoms with E-state index in [1.54, 1.807) is 0 Å². The van der Waals surface area contributed by atoms with Gasteiger partial charge in [-0.05, 0) is 56.3 Å². The first-order valence-corrected chi connectivity index (χ1v) is 9.15. The Hall–Kier alpha value is -1.35. The first-order valence-electron chi connectivity index (χ1n) is 9.15. The summed E-state index contributed by atoms with van der Waals surface area (Å²) in [5.74, 6) is 0.722. The van der Waals surface area contributed by atoms with Gasteiger partial charge in [0.2, 0.25) is 5.91 Å². The number of nitrogens with one attached hydrogen (secondary N) is 1. The molecule has 1 atom stereocenters. The number of hydrogen-bond acceptors (Lipinski definition) is 2. The number of benzene rings is 1. The highest BCUT2D eigenvalue weighted by Crippen LogP contribution is 2.17. The van der Waals surface area contributed by atoms with Gasteiger partial charge in [-0.15, -0.1) is 0 Å². The Balaban J connectivity index is 1.77. The van der Waals surface area contributed by atoms with Gasteiger partial charge in [0.05, 0.1) is 5.92 Å². The molecule has 1 amide bonds. The molecule has 1 aromatic carbocycles. The first-order chi connectivity index (χ1) is 11.1. The number of hydrogen-bond donors (Lipinski definition) is 1. The maximum absolute atomic E-state index is 12.3. The molecule has 0 saturated carbocycles. The maximum Gasteiger partial charge on any atom is 0.227 e. The van der Waals surface area contributed by atoms with E-state index >= 15 is 0 Å². The summed E-state index contributed by atoms with van der Waals surface area (Å²) >= 11 is 0. The van der Waals surface area contributed by atoms with Crippen LogP contribution in [-0.2, 0) is 11.2 Å². The predicted molar refractivity (Wildman–Crippen MR) is 96.7 cm³/mol. The van der Waals surface area contributed by atoms with Crippen molar-refractivity contribution in [3.05, 3.63) is 35.4 Å². The Kier molecular flexibility index (Phi) is 7.10. The van der Waals surface area contributed by atoms with E-state index in [2.05, 4.69) is 48.3 Å². The van der Waals surface area contributed by atoms with Crippen LogP contribution in [0.5, 0.6) is 0 Å². The fourth-order valence-electron chi connectivity index (χ4n) is 3.24. The Labute approximate surface area is 141 Å². The third-order valence-corrected chi connectivity index (χ3v) is 4.69. The van der Waals surface area contributed by atoms with E-state index in [0.717, 1.165) is 25.1 Å². The molecule has 0 aromatic heterocycles. The summed E-state index contributed by atoms with van der Waals surface area (Å²) < 4.78 is 0. The molecule has 0 bridgehead atoms. The minimum Gasteiger partial charge on any atom is -0.354 e. The number of carbonyl (C=O) groups excluding carboxylic acids is 1. The number of likely N-dealkylation sites (tertiary alicyclic amines) is 1. The first kappa shape index (κ1) is 18.0. The highest BCUT2D eigenvalue weighted by atomic mass is 16.1. The number of carbonyl (C=O) groups is 1. The zero-order chi connectivity index (χ0) is 16.7. The van der Waals surface area contributed by atoms with E-state index in [1.807, 2.05) is 6.92 Å². The summed E-state index contributed by atoms with van der Waals surface area (Å²) in [6.45, 7) is 10.6. The van der Waals surface area contributed by atoms with Crippen molar-refractivity contribution in [3.63, 3.8) is 0 Å². The Morgan fingerprint density at radius 1 is 1.09 bits per heavy atom. The van der Waals surface area contributed by atoms with Gasteiger partial charge in [0.1, 0.15) is 0 Å². The van der Waals surface area contributed by atoms with Crippen molar-refractivity contribution in [2.45, 2.75) is 52.4 Å². The SMILES string of the molecule is CC(C)Cc1ccc(C(C)C(=O)NCCN2CCCCC2)cc1. The quantitative estimate of drug-likeness (QED) is 0.834. The summed E-state index contributed by atoms with van der Waals surface area (Å²) in [7, 11) is 0. The van der Waals surface area contributed by atoms with Crippen molar-refractivity contribution in [2.24, 2.45) is 5.92 Å². The standard InChI is InChI=1S/C20H32N2O/c1-16(2)15-18-7-9-19(10-8-18)17(3)20(23)21-11-14-22-12-5-4-6-13-22/h7-10,16-17H,4-6,11-15H2,1-3H3,(H,21,23). The van der Waals surface area contributed by atoms with Crippen molar-refractivity contribution in [3.8, 4) is 0 Å². The minimum absolute atomic E-state index is 0.0792. The second kappa shape index (κ2) is 9.07. The molecule has 2 rings (SSSR count). The van der Waals surface area contributed by atoms with Crippen molar-refractivity contribution in [1.29, 1.82) is 0 Å². The van der Waals surface area contributed by atoms with E-state index in [-0.39, 0.29) is 11.8 Å². The zero-order valence-corrected chi connectivity index (χ0v) is 15.0. The van der Waals surface area contributed by atoms with Gasteiger partial charge in [-0.1, -0.05) is 44.5 Å². The van der Waals surface area contributed by atoms with Crippen LogP contribution in [0, 0.1) is 5.92 Å². The molecule has 1 N–H and O–H groups in total. The van der Waals surface area contributed by atoms with Gasteiger partial charge in [-0.25, -0.2) is 0 Å². The number of piperidine rings is 1. The Morgan fingerprint density at radius 3 is 2.35 bits per heavy atom. The molecule has 3 heteroatoms. The molecule has 3 nitrogen and oxygen atoms in total. The molecule has 128 valence electrons. The van der Waals surface area contributed by atoms with Gasteiger partial charge in [0.15, 0.2) is 0 Å². The van der Waals surface area contributed by atoms with Crippen molar-refractivity contribution in [1.82, 2.24) is 10.2 Å². The lowest BCUT2D eigenvalue weighted by Crippen LogP contribution is -2.38. The molecular weight excluding hydrogens is 284 g/mol. The van der Waals surface area contributed by atoms with Crippen LogP contribution in [0.1, 0.15) is 57.1 Å². The highest BCUT2D eigenvalue weighted by molar-refractivity contribution is 5.83. The molecule has 0 aliphatic carbocycles. The average Bonchev–Trinajstić information content (AvgIpc) is 2.55. The molecule has 23 heavy (non-hydrogen) atoms. The van der Waals surface area contributed by atoms with E-state index < -0.39 is 0 Å². The summed E-state index contributed by atoms with van der Waals surface area (Å²) in [6.07, 6.45) is 5.05. The minimum atomic E-state index is -0.0792. The van der Waals surface area contributed by atoms with Crippen molar-refractivity contribution >= 4 is 5.91 Å². The fraction of sp³-hybridized carbons (Fsp3) is 0.650. The lowest BCUT2D eigenvalue weighted by atomic mass is 9.96. The van der Waals surface area contributed by atoms with Crippen LogP contribution in [0.2, 0.25) is 0 Å². The Morgan fingerprint density at radius 2 is 1.74 bits per heavy atom. The zero-order valence-electron chi connectivity index (χ0n) is 15.0. The van der Waals surface area contributed by atoms with Crippen LogP contribution >= 0.6 is 0 Å². The normalized spacial score (nSPS) is 17.2.